The standard InChI is InChI=1S/C14H19N5O3/c1-9-14(20)15-7-10(16-9)13-11(19(2)18-17-13)8-22-12-5-3-4-6-21-12/h7,12H,3-6,8H2,1-2H3,(H,15,20). The van der Waals surface area contributed by atoms with E-state index in [-0.39, 0.29) is 11.8 Å². The molecule has 0 amide bonds. The summed E-state index contributed by atoms with van der Waals surface area (Å²) in [6, 6.07) is 0. The van der Waals surface area contributed by atoms with Crippen LogP contribution in [-0.2, 0) is 23.1 Å². The van der Waals surface area contributed by atoms with E-state index in [0.29, 0.717) is 23.7 Å². The molecule has 3 rings (SSSR count). The molecule has 2 aromatic heterocycles. The van der Waals surface area contributed by atoms with Crippen molar-refractivity contribution in [2.24, 2.45) is 7.05 Å². The number of H-pyrrole nitrogens is 1. The number of hydrogen-bond donors (Lipinski definition) is 1. The van der Waals surface area contributed by atoms with E-state index in [1.807, 2.05) is 0 Å². The van der Waals surface area contributed by atoms with Gasteiger partial charge in [-0.15, -0.1) is 5.10 Å². The highest BCUT2D eigenvalue weighted by atomic mass is 16.7. The van der Waals surface area contributed by atoms with Crippen molar-refractivity contribution < 1.29 is 9.47 Å². The Labute approximate surface area is 127 Å². The first-order valence-corrected chi connectivity index (χ1v) is 7.33. The van der Waals surface area contributed by atoms with E-state index in [1.165, 1.54) is 0 Å². The van der Waals surface area contributed by atoms with Crippen molar-refractivity contribution in [3.05, 3.63) is 27.9 Å². The average molecular weight is 305 g/mol. The summed E-state index contributed by atoms with van der Waals surface area (Å²) in [5.41, 5.74) is 2.17. The van der Waals surface area contributed by atoms with E-state index in [4.69, 9.17) is 9.47 Å². The summed E-state index contributed by atoms with van der Waals surface area (Å²) in [5, 5.41) is 8.15. The number of aryl methyl sites for hydroxylation is 2. The third kappa shape index (κ3) is 3.07. The largest absolute Gasteiger partial charge is 0.353 e. The summed E-state index contributed by atoms with van der Waals surface area (Å²) >= 11 is 0. The molecular formula is C14H19N5O3. The van der Waals surface area contributed by atoms with Gasteiger partial charge >= 0.3 is 0 Å². The van der Waals surface area contributed by atoms with Crippen LogP contribution in [-0.4, -0.2) is 37.9 Å². The molecule has 0 spiro atoms. The van der Waals surface area contributed by atoms with Gasteiger partial charge in [-0.25, -0.2) is 9.67 Å². The molecular weight excluding hydrogens is 286 g/mol. The first-order valence-electron chi connectivity index (χ1n) is 7.33. The first kappa shape index (κ1) is 14.9. The Bertz CT molecular complexity index is 703. The number of ether oxygens (including phenoxy) is 2. The Morgan fingerprint density at radius 1 is 1.50 bits per heavy atom. The van der Waals surface area contributed by atoms with Crippen LogP contribution in [0.3, 0.4) is 0 Å². The van der Waals surface area contributed by atoms with Gasteiger partial charge in [-0.1, -0.05) is 5.21 Å². The van der Waals surface area contributed by atoms with Crippen LogP contribution >= 0.6 is 0 Å². The Balaban J connectivity index is 1.80. The van der Waals surface area contributed by atoms with Crippen molar-refractivity contribution in [3.8, 4) is 11.4 Å². The minimum absolute atomic E-state index is 0.179. The van der Waals surface area contributed by atoms with Crippen LogP contribution in [0.1, 0.15) is 30.7 Å². The van der Waals surface area contributed by atoms with E-state index in [1.54, 1.807) is 24.9 Å². The molecule has 0 saturated carbocycles. The Morgan fingerprint density at radius 2 is 2.36 bits per heavy atom. The highest BCUT2D eigenvalue weighted by molar-refractivity contribution is 5.55. The summed E-state index contributed by atoms with van der Waals surface area (Å²) < 4.78 is 13.0. The van der Waals surface area contributed by atoms with Crippen LogP contribution in [0.5, 0.6) is 0 Å². The van der Waals surface area contributed by atoms with Crippen molar-refractivity contribution in [1.82, 2.24) is 25.0 Å². The lowest BCUT2D eigenvalue weighted by molar-refractivity contribution is -0.169. The molecule has 1 aliphatic heterocycles. The van der Waals surface area contributed by atoms with Crippen LogP contribution in [0.25, 0.3) is 11.4 Å². The molecule has 1 fully saturated rings. The summed E-state index contributed by atoms with van der Waals surface area (Å²) in [6.45, 7) is 2.73. The normalized spacial score (nSPS) is 18.5. The maximum Gasteiger partial charge on any atom is 0.269 e. The molecule has 1 atom stereocenters. The SMILES string of the molecule is Cc1nc(-c2nnn(C)c2COC2CCCCO2)c[nH]c1=O. The van der Waals surface area contributed by atoms with E-state index >= 15 is 0 Å². The summed E-state index contributed by atoms with van der Waals surface area (Å²) in [5.74, 6) is 0. The minimum Gasteiger partial charge on any atom is -0.353 e. The highest BCUT2D eigenvalue weighted by Gasteiger charge is 2.19. The fraction of sp³-hybridized carbons (Fsp3) is 0.571. The molecule has 1 N–H and O–H groups in total. The van der Waals surface area contributed by atoms with E-state index in [0.717, 1.165) is 31.6 Å². The predicted octanol–water partition coefficient (Wildman–Crippen LogP) is 0.917. The molecule has 1 aliphatic rings. The lowest BCUT2D eigenvalue weighted by atomic mass is 10.2. The van der Waals surface area contributed by atoms with Gasteiger partial charge in [0.25, 0.3) is 5.56 Å². The van der Waals surface area contributed by atoms with Crippen LogP contribution in [0.15, 0.2) is 11.0 Å². The molecule has 118 valence electrons. The molecule has 1 saturated heterocycles. The van der Waals surface area contributed by atoms with E-state index in [2.05, 4.69) is 20.3 Å². The smallest absolute Gasteiger partial charge is 0.269 e. The molecule has 0 aromatic carbocycles. The second kappa shape index (κ2) is 6.37. The maximum atomic E-state index is 11.4. The first-order chi connectivity index (χ1) is 10.6. The van der Waals surface area contributed by atoms with Gasteiger partial charge in [0.2, 0.25) is 0 Å². The van der Waals surface area contributed by atoms with Crippen molar-refractivity contribution in [3.63, 3.8) is 0 Å². The van der Waals surface area contributed by atoms with E-state index < -0.39 is 0 Å². The van der Waals surface area contributed by atoms with Gasteiger partial charge in [-0.3, -0.25) is 4.79 Å². The third-order valence-corrected chi connectivity index (χ3v) is 3.69. The molecule has 0 radical (unpaired) electrons. The number of nitrogens with zero attached hydrogens (tertiary/aromatic N) is 4. The van der Waals surface area contributed by atoms with Crippen molar-refractivity contribution in [2.75, 3.05) is 6.61 Å². The fourth-order valence-corrected chi connectivity index (χ4v) is 2.38. The predicted molar refractivity (Wildman–Crippen MR) is 78.0 cm³/mol. The van der Waals surface area contributed by atoms with E-state index in [9.17, 15) is 4.79 Å². The molecule has 2 aromatic rings. The molecule has 1 unspecified atom stereocenters. The van der Waals surface area contributed by atoms with Crippen LogP contribution in [0.4, 0.5) is 0 Å². The quantitative estimate of drug-likeness (QED) is 0.902. The Hall–Kier alpha value is -2.06. The second-order valence-electron chi connectivity index (χ2n) is 5.32. The van der Waals surface area contributed by atoms with Crippen LogP contribution < -0.4 is 5.56 Å². The second-order valence-corrected chi connectivity index (χ2v) is 5.32. The fourth-order valence-electron chi connectivity index (χ4n) is 2.38. The van der Waals surface area contributed by atoms with Crippen molar-refractivity contribution >= 4 is 0 Å². The van der Waals surface area contributed by atoms with Gasteiger partial charge in [0.15, 0.2) is 6.29 Å². The number of hydrogen-bond acceptors (Lipinski definition) is 6. The Morgan fingerprint density at radius 3 is 3.09 bits per heavy atom. The van der Waals surface area contributed by atoms with Crippen molar-refractivity contribution in [2.45, 2.75) is 39.1 Å². The van der Waals surface area contributed by atoms with Crippen LogP contribution in [0, 0.1) is 6.92 Å². The van der Waals surface area contributed by atoms with Gasteiger partial charge in [0.1, 0.15) is 17.1 Å². The zero-order valence-corrected chi connectivity index (χ0v) is 12.7. The number of nitrogens with one attached hydrogen (secondary N) is 1. The third-order valence-electron chi connectivity index (χ3n) is 3.69. The monoisotopic (exact) mass is 305 g/mol. The number of rotatable bonds is 4. The van der Waals surface area contributed by atoms with Gasteiger partial charge < -0.3 is 14.5 Å². The van der Waals surface area contributed by atoms with Gasteiger partial charge in [0.05, 0.1) is 12.3 Å². The summed E-state index contributed by atoms with van der Waals surface area (Å²) in [6.07, 6.45) is 4.46. The summed E-state index contributed by atoms with van der Waals surface area (Å²) in [4.78, 5) is 18.3. The molecule has 3 heterocycles. The van der Waals surface area contributed by atoms with Gasteiger partial charge in [-0.2, -0.15) is 0 Å². The van der Waals surface area contributed by atoms with Crippen molar-refractivity contribution in [1.29, 1.82) is 0 Å². The average Bonchev–Trinajstić information content (AvgIpc) is 2.90. The highest BCUT2D eigenvalue weighted by Crippen LogP contribution is 2.21. The zero-order valence-electron chi connectivity index (χ0n) is 12.7. The topological polar surface area (TPSA) is 94.9 Å². The lowest BCUT2D eigenvalue weighted by Crippen LogP contribution is -2.22. The minimum atomic E-state index is -0.207. The van der Waals surface area contributed by atoms with Gasteiger partial charge in [0, 0.05) is 19.9 Å². The molecule has 0 aliphatic carbocycles. The van der Waals surface area contributed by atoms with Crippen LogP contribution in [0.2, 0.25) is 0 Å². The summed E-state index contributed by atoms with van der Waals surface area (Å²) in [7, 11) is 1.80. The molecule has 22 heavy (non-hydrogen) atoms. The zero-order chi connectivity index (χ0) is 15.5. The number of aromatic amines is 1. The Kier molecular flexibility index (Phi) is 4.30. The molecule has 8 heteroatoms. The molecule has 0 bridgehead atoms. The number of aromatic nitrogens is 5. The lowest BCUT2D eigenvalue weighted by Gasteiger charge is -2.22. The molecule has 8 nitrogen and oxygen atoms in total. The maximum absolute atomic E-state index is 11.4. The van der Waals surface area contributed by atoms with Gasteiger partial charge in [-0.05, 0) is 26.2 Å².